The second kappa shape index (κ2) is 6.62. The van der Waals surface area contributed by atoms with Gasteiger partial charge in [-0.2, -0.15) is 0 Å². The molecule has 1 saturated heterocycles. The smallest absolute Gasteiger partial charge is 0.256 e. The highest BCUT2D eigenvalue weighted by atomic mass is 79.9. The molecule has 0 bridgehead atoms. The van der Waals surface area contributed by atoms with E-state index in [4.69, 9.17) is 0 Å². The van der Waals surface area contributed by atoms with Gasteiger partial charge in [-0.3, -0.25) is 9.59 Å². The largest absolute Gasteiger partial charge is 0.339 e. The average molecular weight is 379 g/mol. The fourth-order valence-electron chi connectivity index (χ4n) is 2.43. The van der Waals surface area contributed by atoms with E-state index in [1.54, 1.807) is 35.7 Å². The number of nitrogens with zero attached hydrogens (tertiary/aromatic N) is 1. The molecule has 1 aromatic carbocycles. The highest BCUT2D eigenvalue weighted by molar-refractivity contribution is 9.11. The lowest BCUT2D eigenvalue weighted by atomic mass is 10.2. The quantitative estimate of drug-likeness (QED) is 0.877. The summed E-state index contributed by atoms with van der Waals surface area (Å²) in [6.07, 6.45) is 2.16. The van der Waals surface area contributed by atoms with Crippen LogP contribution in [-0.4, -0.2) is 29.8 Å². The van der Waals surface area contributed by atoms with Crippen molar-refractivity contribution in [2.75, 3.05) is 18.4 Å². The number of thiophene rings is 1. The minimum atomic E-state index is -0.152. The minimum Gasteiger partial charge on any atom is -0.339 e. The van der Waals surface area contributed by atoms with Crippen molar-refractivity contribution in [2.24, 2.45) is 0 Å². The van der Waals surface area contributed by atoms with Gasteiger partial charge < -0.3 is 10.2 Å². The number of rotatable bonds is 3. The Kier molecular flexibility index (Phi) is 4.59. The number of hydrogen-bond acceptors (Lipinski definition) is 3. The lowest BCUT2D eigenvalue weighted by Crippen LogP contribution is -2.27. The van der Waals surface area contributed by atoms with Crippen LogP contribution in [0.4, 0.5) is 5.69 Å². The second-order valence-corrected chi connectivity index (χ2v) is 7.46. The lowest BCUT2D eigenvalue weighted by molar-refractivity contribution is 0.0792. The van der Waals surface area contributed by atoms with E-state index in [0.717, 1.165) is 29.7 Å². The molecule has 114 valence electrons. The first kappa shape index (κ1) is 15.2. The zero-order valence-electron chi connectivity index (χ0n) is 11.8. The molecule has 1 aliphatic heterocycles. The number of amides is 2. The van der Waals surface area contributed by atoms with Gasteiger partial charge in [0.1, 0.15) is 0 Å². The zero-order valence-corrected chi connectivity index (χ0v) is 14.2. The van der Waals surface area contributed by atoms with E-state index in [1.165, 1.54) is 11.3 Å². The third kappa shape index (κ3) is 3.39. The third-order valence-electron chi connectivity index (χ3n) is 3.61. The van der Waals surface area contributed by atoms with Gasteiger partial charge in [-0.15, -0.1) is 11.3 Å². The predicted octanol–water partition coefficient (Wildman–Crippen LogP) is 4.00. The Morgan fingerprint density at radius 2 is 1.77 bits per heavy atom. The summed E-state index contributed by atoms with van der Waals surface area (Å²) in [7, 11) is 0. The molecule has 0 radical (unpaired) electrons. The molecule has 0 aliphatic carbocycles. The summed E-state index contributed by atoms with van der Waals surface area (Å²) < 4.78 is 0.921. The van der Waals surface area contributed by atoms with Gasteiger partial charge in [0.25, 0.3) is 11.8 Å². The number of halogens is 1. The topological polar surface area (TPSA) is 49.4 Å². The molecule has 2 amide bonds. The number of likely N-dealkylation sites (tertiary alicyclic amines) is 1. The van der Waals surface area contributed by atoms with E-state index in [1.807, 2.05) is 4.90 Å². The van der Waals surface area contributed by atoms with Crippen LogP contribution < -0.4 is 5.32 Å². The first-order chi connectivity index (χ1) is 10.6. The molecule has 4 nitrogen and oxygen atoms in total. The SMILES string of the molecule is O=C(Nc1ccc(C(=O)N2CCCC2)cc1)c1csc(Br)c1. The molecule has 1 N–H and O–H groups in total. The van der Waals surface area contributed by atoms with Crippen LogP contribution in [0.2, 0.25) is 0 Å². The van der Waals surface area contributed by atoms with Crippen molar-refractivity contribution < 1.29 is 9.59 Å². The van der Waals surface area contributed by atoms with Gasteiger partial charge in [0.15, 0.2) is 0 Å². The maximum Gasteiger partial charge on any atom is 0.256 e. The highest BCUT2D eigenvalue weighted by Crippen LogP contribution is 2.22. The molecule has 0 unspecified atom stereocenters. The summed E-state index contributed by atoms with van der Waals surface area (Å²) in [5, 5.41) is 4.63. The molecule has 3 rings (SSSR count). The minimum absolute atomic E-state index is 0.0668. The molecule has 1 fully saturated rings. The molecule has 22 heavy (non-hydrogen) atoms. The van der Waals surface area contributed by atoms with E-state index in [0.29, 0.717) is 16.8 Å². The number of hydrogen-bond donors (Lipinski definition) is 1. The Morgan fingerprint density at radius 3 is 2.36 bits per heavy atom. The van der Waals surface area contributed by atoms with Crippen LogP contribution in [0, 0.1) is 0 Å². The molecule has 2 aromatic rings. The molecular weight excluding hydrogens is 364 g/mol. The van der Waals surface area contributed by atoms with Crippen LogP contribution in [0.3, 0.4) is 0 Å². The van der Waals surface area contributed by atoms with Gasteiger partial charge in [0, 0.05) is 29.7 Å². The maximum absolute atomic E-state index is 12.2. The van der Waals surface area contributed by atoms with Gasteiger partial charge in [0.2, 0.25) is 0 Å². The van der Waals surface area contributed by atoms with Crippen LogP contribution in [-0.2, 0) is 0 Å². The van der Waals surface area contributed by atoms with Gasteiger partial charge in [-0.05, 0) is 59.1 Å². The van der Waals surface area contributed by atoms with Crippen molar-refractivity contribution in [3.63, 3.8) is 0 Å². The van der Waals surface area contributed by atoms with Crippen molar-refractivity contribution in [3.8, 4) is 0 Å². The van der Waals surface area contributed by atoms with Crippen LogP contribution >= 0.6 is 27.3 Å². The standard InChI is InChI=1S/C16H15BrN2O2S/c17-14-9-12(10-22-14)15(20)18-13-5-3-11(4-6-13)16(21)19-7-1-2-8-19/h3-6,9-10H,1-2,7-8H2,(H,18,20). The molecule has 0 saturated carbocycles. The van der Waals surface area contributed by atoms with E-state index in [9.17, 15) is 9.59 Å². The summed E-state index contributed by atoms with van der Waals surface area (Å²) in [5.41, 5.74) is 1.97. The Hall–Kier alpha value is -1.66. The number of carbonyl (C=O) groups excluding carboxylic acids is 2. The molecular formula is C16H15BrN2O2S. The molecule has 1 aromatic heterocycles. The van der Waals surface area contributed by atoms with Crippen molar-refractivity contribution in [1.29, 1.82) is 0 Å². The summed E-state index contributed by atoms with van der Waals surface area (Å²) >= 11 is 4.81. The van der Waals surface area contributed by atoms with Crippen molar-refractivity contribution in [2.45, 2.75) is 12.8 Å². The zero-order chi connectivity index (χ0) is 15.5. The molecule has 2 heterocycles. The summed E-state index contributed by atoms with van der Waals surface area (Å²) in [5.74, 6) is -0.0855. The summed E-state index contributed by atoms with van der Waals surface area (Å²) in [4.78, 5) is 26.2. The summed E-state index contributed by atoms with van der Waals surface area (Å²) in [6, 6.07) is 8.84. The van der Waals surface area contributed by atoms with Gasteiger partial charge >= 0.3 is 0 Å². The first-order valence-corrected chi connectivity index (χ1v) is 8.75. The van der Waals surface area contributed by atoms with Crippen molar-refractivity contribution in [1.82, 2.24) is 4.90 Å². The van der Waals surface area contributed by atoms with Crippen LogP contribution in [0.5, 0.6) is 0 Å². The van der Waals surface area contributed by atoms with E-state index >= 15 is 0 Å². The van der Waals surface area contributed by atoms with E-state index in [-0.39, 0.29) is 11.8 Å². The highest BCUT2D eigenvalue weighted by Gasteiger charge is 2.19. The normalized spacial score (nSPS) is 14.1. The Balaban J connectivity index is 1.66. The van der Waals surface area contributed by atoms with E-state index < -0.39 is 0 Å². The van der Waals surface area contributed by atoms with Gasteiger partial charge in [-0.25, -0.2) is 0 Å². The fraction of sp³-hybridized carbons (Fsp3) is 0.250. The van der Waals surface area contributed by atoms with E-state index in [2.05, 4.69) is 21.2 Å². The van der Waals surface area contributed by atoms with Gasteiger partial charge in [0.05, 0.1) is 9.35 Å². The number of benzene rings is 1. The first-order valence-electron chi connectivity index (χ1n) is 7.08. The number of nitrogens with one attached hydrogen (secondary N) is 1. The molecule has 0 spiro atoms. The van der Waals surface area contributed by atoms with Crippen molar-refractivity contribution >= 4 is 44.8 Å². The Labute approximate surface area is 141 Å². The second-order valence-electron chi connectivity index (χ2n) is 5.17. The number of carbonyl (C=O) groups is 2. The monoisotopic (exact) mass is 378 g/mol. The predicted molar refractivity (Wildman–Crippen MR) is 91.6 cm³/mol. The molecule has 6 heteroatoms. The number of anilines is 1. The maximum atomic E-state index is 12.2. The lowest BCUT2D eigenvalue weighted by Gasteiger charge is -2.15. The van der Waals surface area contributed by atoms with Crippen LogP contribution in [0.25, 0.3) is 0 Å². The molecule has 1 aliphatic rings. The fourth-order valence-corrected chi connectivity index (χ4v) is 3.57. The van der Waals surface area contributed by atoms with Crippen molar-refractivity contribution in [3.05, 3.63) is 50.6 Å². The summed E-state index contributed by atoms with van der Waals surface area (Å²) in [6.45, 7) is 1.68. The van der Waals surface area contributed by atoms with Gasteiger partial charge in [-0.1, -0.05) is 0 Å². The third-order valence-corrected chi connectivity index (χ3v) is 5.12. The van der Waals surface area contributed by atoms with Crippen LogP contribution in [0.1, 0.15) is 33.6 Å². The Morgan fingerprint density at radius 1 is 1.09 bits per heavy atom. The average Bonchev–Trinajstić information content (AvgIpc) is 3.18. The molecule has 0 atom stereocenters. The van der Waals surface area contributed by atoms with Crippen LogP contribution in [0.15, 0.2) is 39.5 Å². The Bertz CT molecular complexity index is 690.